The van der Waals surface area contributed by atoms with Crippen molar-refractivity contribution in [3.8, 4) is 11.5 Å². The number of rotatable bonds is 2. The van der Waals surface area contributed by atoms with E-state index in [2.05, 4.69) is 5.32 Å². The first-order chi connectivity index (χ1) is 9.22. The third kappa shape index (κ3) is 2.38. The van der Waals surface area contributed by atoms with Crippen molar-refractivity contribution in [2.75, 3.05) is 11.1 Å². The highest BCUT2D eigenvalue weighted by atomic mass is 16.5. The average Bonchev–Trinajstić information content (AvgIpc) is 2.41. The van der Waals surface area contributed by atoms with Gasteiger partial charge in [-0.25, -0.2) is 0 Å². The van der Waals surface area contributed by atoms with Gasteiger partial charge in [0.15, 0.2) is 5.75 Å². The molecular formula is C15H14N2O2. The highest BCUT2D eigenvalue weighted by Crippen LogP contribution is 2.35. The number of amides is 1. The van der Waals surface area contributed by atoms with Crippen LogP contribution in [0.25, 0.3) is 0 Å². The number of para-hydroxylation sites is 1. The fourth-order valence-electron chi connectivity index (χ4n) is 2.13. The minimum atomic E-state index is 0.0305. The lowest BCUT2D eigenvalue weighted by molar-refractivity contribution is -0.116. The van der Waals surface area contributed by atoms with Crippen molar-refractivity contribution in [2.45, 2.75) is 12.8 Å². The number of fused-ring (bicyclic) bond motifs is 1. The molecule has 4 heteroatoms. The van der Waals surface area contributed by atoms with Crippen molar-refractivity contribution >= 4 is 17.3 Å². The van der Waals surface area contributed by atoms with Gasteiger partial charge in [0.05, 0.1) is 5.69 Å². The number of ether oxygens (including phenoxy) is 1. The SMILES string of the molecule is Nc1cc2c(cc1Oc1ccccc1)NC(=O)CC2. The molecule has 0 saturated carbocycles. The second-order valence-corrected chi connectivity index (χ2v) is 4.51. The number of hydrogen-bond acceptors (Lipinski definition) is 3. The van der Waals surface area contributed by atoms with Gasteiger partial charge >= 0.3 is 0 Å². The zero-order valence-corrected chi connectivity index (χ0v) is 10.3. The molecule has 0 atom stereocenters. The zero-order chi connectivity index (χ0) is 13.2. The summed E-state index contributed by atoms with van der Waals surface area (Å²) in [5.41, 5.74) is 8.41. The van der Waals surface area contributed by atoms with E-state index in [4.69, 9.17) is 10.5 Å². The van der Waals surface area contributed by atoms with Gasteiger partial charge in [0.2, 0.25) is 5.91 Å². The van der Waals surface area contributed by atoms with Gasteiger partial charge in [-0.05, 0) is 30.2 Å². The van der Waals surface area contributed by atoms with Gasteiger partial charge in [0.25, 0.3) is 0 Å². The Morgan fingerprint density at radius 1 is 1.11 bits per heavy atom. The summed E-state index contributed by atoms with van der Waals surface area (Å²) < 4.78 is 5.73. The molecule has 96 valence electrons. The van der Waals surface area contributed by atoms with Gasteiger partial charge in [0.1, 0.15) is 5.75 Å². The molecule has 3 rings (SSSR count). The summed E-state index contributed by atoms with van der Waals surface area (Å²) in [6.07, 6.45) is 1.22. The third-order valence-corrected chi connectivity index (χ3v) is 3.10. The van der Waals surface area contributed by atoms with Crippen LogP contribution < -0.4 is 15.8 Å². The molecule has 0 aliphatic carbocycles. The first-order valence-corrected chi connectivity index (χ1v) is 6.17. The highest BCUT2D eigenvalue weighted by molar-refractivity contribution is 5.94. The minimum Gasteiger partial charge on any atom is -0.455 e. The molecule has 0 radical (unpaired) electrons. The quantitative estimate of drug-likeness (QED) is 0.810. The number of benzene rings is 2. The molecule has 0 fully saturated rings. The van der Waals surface area contributed by atoms with Crippen LogP contribution in [0.3, 0.4) is 0 Å². The molecule has 0 unspecified atom stereocenters. The largest absolute Gasteiger partial charge is 0.455 e. The van der Waals surface area contributed by atoms with E-state index < -0.39 is 0 Å². The van der Waals surface area contributed by atoms with Gasteiger partial charge in [0, 0.05) is 18.2 Å². The number of nitrogens with two attached hydrogens (primary N) is 1. The number of hydrogen-bond donors (Lipinski definition) is 2. The van der Waals surface area contributed by atoms with E-state index in [1.807, 2.05) is 36.4 Å². The summed E-state index contributed by atoms with van der Waals surface area (Å²) >= 11 is 0. The van der Waals surface area contributed by atoms with E-state index in [1.165, 1.54) is 0 Å². The smallest absolute Gasteiger partial charge is 0.224 e. The first-order valence-electron chi connectivity index (χ1n) is 6.17. The van der Waals surface area contributed by atoms with Crippen LogP contribution in [0.2, 0.25) is 0 Å². The summed E-state index contributed by atoms with van der Waals surface area (Å²) in [6, 6.07) is 13.1. The molecule has 1 amide bonds. The third-order valence-electron chi connectivity index (χ3n) is 3.10. The standard InChI is InChI=1S/C15H14N2O2/c16-12-8-10-6-7-15(18)17-13(10)9-14(12)19-11-4-2-1-3-5-11/h1-5,8-9H,6-7,16H2,(H,17,18). The van der Waals surface area contributed by atoms with Crippen LogP contribution in [0, 0.1) is 0 Å². The maximum atomic E-state index is 11.4. The van der Waals surface area contributed by atoms with E-state index in [1.54, 1.807) is 6.07 Å². The zero-order valence-electron chi connectivity index (χ0n) is 10.3. The molecule has 0 aromatic heterocycles. The van der Waals surface area contributed by atoms with Gasteiger partial charge in [-0.2, -0.15) is 0 Å². The van der Waals surface area contributed by atoms with Crippen molar-refractivity contribution in [1.29, 1.82) is 0 Å². The molecule has 1 aliphatic rings. The molecular weight excluding hydrogens is 240 g/mol. The Bertz CT molecular complexity index is 624. The van der Waals surface area contributed by atoms with Crippen LogP contribution in [-0.2, 0) is 11.2 Å². The van der Waals surface area contributed by atoms with Gasteiger partial charge < -0.3 is 15.8 Å². The first kappa shape index (κ1) is 11.6. The Balaban J connectivity index is 1.94. The number of carbonyl (C=O) groups excluding carboxylic acids is 1. The Kier molecular flexibility index (Phi) is 2.83. The van der Waals surface area contributed by atoms with Crippen molar-refractivity contribution in [1.82, 2.24) is 0 Å². The second-order valence-electron chi connectivity index (χ2n) is 4.51. The lowest BCUT2D eigenvalue weighted by Crippen LogP contribution is -2.19. The molecule has 0 spiro atoms. The van der Waals surface area contributed by atoms with Gasteiger partial charge in [-0.15, -0.1) is 0 Å². The number of nitrogens with one attached hydrogen (secondary N) is 1. The molecule has 3 N–H and O–H groups in total. The van der Waals surface area contributed by atoms with Crippen LogP contribution in [0.1, 0.15) is 12.0 Å². The van der Waals surface area contributed by atoms with Crippen LogP contribution in [0.15, 0.2) is 42.5 Å². The Labute approximate surface area is 111 Å². The normalized spacial score (nSPS) is 13.6. The maximum Gasteiger partial charge on any atom is 0.224 e. The lowest BCUT2D eigenvalue weighted by atomic mass is 10.0. The van der Waals surface area contributed by atoms with Crippen molar-refractivity contribution in [2.24, 2.45) is 0 Å². The molecule has 1 heterocycles. The predicted octanol–water partition coefficient (Wildman–Crippen LogP) is 2.95. The number of nitrogen functional groups attached to an aromatic ring is 1. The summed E-state index contributed by atoms with van der Waals surface area (Å²) in [5.74, 6) is 1.31. The molecule has 2 aromatic carbocycles. The second kappa shape index (κ2) is 4.65. The molecule has 0 saturated heterocycles. The Hall–Kier alpha value is -2.49. The molecule has 1 aliphatic heterocycles. The predicted molar refractivity (Wildman–Crippen MR) is 74.3 cm³/mol. The molecule has 19 heavy (non-hydrogen) atoms. The molecule has 0 bridgehead atoms. The van der Waals surface area contributed by atoms with E-state index >= 15 is 0 Å². The summed E-state index contributed by atoms with van der Waals surface area (Å²) in [5, 5.41) is 2.84. The number of aryl methyl sites for hydroxylation is 1. The number of anilines is 2. The fourth-order valence-corrected chi connectivity index (χ4v) is 2.13. The Morgan fingerprint density at radius 3 is 2.68 bits per heavy atom. The van der Waals surface area contributed by atoms with Crippen molar-refractivity contribution < 1.29 is 9.53 Å². The summed E-state index contributed by atoms with van der Waals surface area (Å²) in [6.45, 7) is 0. The Morgan fingerprint density at radius 2 is 1.89 bits per heavy atom. The van der Waals surface area contributed by atoms with E-state index in [0.29, 0.717) is 17.9 Å². The topological polar surface area (TPSA) is 64.3 Å². The van der Waals surface area contributed by atoms with Crippen LogP contribution >= 0.6 is 0 Å². The minimum absolute atomic E-state index is 0.0305. The molecule has 2 aromatic rings. The molecule has 4 nitrogen and oxygen atoms in total. The fraction of sp³-hybridized carbons (Fsp3) is 0.133. The van der Waals surface area contributed by atoms with Crippen LogP contribution in [-0.4, -0.2) is 5.91 Å². The van der Waals surface area contributed by atoms with Crippen LogP contribution in [0.4, 0.5) is 11.4 Å². The number of carbonyl (C=O) groups is 1. The average molecular weight is 254 g/mol. The summed E-state index contributed by atoms with van der Waals surface area (Å²) in [7, 11) is 0. The van der Waals surface area contributed by atoms with E-state index in [-0.39, 0.29) is 5.91 Å². The maximum absolute atomic E-state index is 11.4. The van der Waals surface area contributed by atoms with E-state index in [0.717, 1.165) is 23.4 Å². The lowest BCUT2D eigenvalue weighted by Gasteiger charge is -2.19. The summed E-state index contributed by atoms with van der Waals surface area (Å²) in [4.78, 5) is 11.4. The monoisotopic (exact) mass is 254 g/mol. The van der Waals surface area contributed by atoms with E-state index in [9.17, 15) is 4.79 Å². The van der Waals surface area contributed by atoms with Gasteiger partial charge in [-0.1, -0.05) is 18.2 Å². The highest BCUT2D eigenvalue weighted by Gasteiger charge is 2.17. The van der Waals surface area contributed by atoms with Crippen molar-refractivity contribution in [3.63, 3.8) is 0 Å². The van der Waals surface area contributed by atoms with Crippen molar-refractivity contribution in [3.05, 3.63) is 48.0 Å². The van der Waals surface area contributed by atoms with Gasteiger partial charge in [-0.3, -0.25) is 4.79 Å². The van der Waals surface area contributed by atoms with Crippen LogP contribution in [0.5, 0.6) is 11.5 Å².